The summed E-state index contributed by atoms with van der Waals surface area (Å²) in [7, 11) is 0. The minimum atomic E-state index is 0.388. The Hall–Kier alpha value is -0.120. The fourth-order valence-electron chi connectivity index (χ4n) is 3.60. The van der Waals surface area contributed by atoms with Crippen LogP contribution in [0.25, 0.3) is 0 Å². The summed E-state index contributed by atoms with van der Waals surface area (Å²) in [5.74, 6) is 1.59. The molecule has 0 bridgehead atoms. The summed E-state index contributed by atoms with van der Waals surface area (Å²) in [5.41, 5.74) is 5.91. The van der Waals surface area contributed by atoms with Gasteiger partial charge in [0.1, 0.15) is 0 Å². The van der Waals surface area contributed by atoms with Gasteiger partial charge >= 0.3 is 0 Å². The average molecular weight is 240 g/mol. The van der Waals surface area contributed by atoms with Crippen LogP contribution in [0.5, 0.6) is 0 Å². The molecule has 1 aliphatic carbocycles. The molecule has 0 aromatic carbocycles. The molecule has 3 nitrogen and oxygen atoms in total. The van der Waals surface area contributed by atoms with Crippen molar-refractivity contribution in [1.29, 1.82) is 0 Å². The summed E-state index contributed by atoms with van der Waals surface area (Å²) in [6.45, 7) is 8.67. The van der Waals surface area contributed by atoms with E-state index in [0.29, 0.717) is 12.2 Å². The first kappa shape index (κ1) is 13.3. The molecule has 0 radical (unpaired) electrons. The lowest BCUT2D eigenvalue weighted by atomic mass is 9.79. The Kier molecular flexibility index (Phi) is 4.83. The lowest BCUT2D eigenvalue weighted by Crippen LogP contribution is -2.48. The SMILES string of the molecule is C[C@@H]1CN(CC2CCCCC2CN)C[C@H](C)O1. The molecule has 2 N–H and O–H groups in total. The smallest absolute Gasteiger partial charge is 0.0678 e. The van der Waals surface area contributed by atoms with E-state index in [1.807, 2.05) is 0 Å². The van der Waals surface area contributed by atoms with Gasteiger partial charge in [0.05, 0.1) is 12.2 Å². The highest BCUT2D eigenvalue weighted by Gasteiger charge is 2.29. The van der Waals surface area contributed by atoms with Crippen LogP contribution in [-0.4, -0.2) is 43.3 Å². The molecule has 0 aromatic heterocycles. The van der Waals surface area contributed by atoms with Crippen LogP contribution in [-0.2, 0) is 4.74 Å². The summed E-state index contributed by atoms with van der Waals surface area (Å²) in [5, 5.41) is 0. The summed E-state index contributed by atoms with van der Waals surface area (Å²) in [6.07, 6.45) is 6.28. The van der Waals surface area contributed by atoms with Crippen molar-refractivity contribution in [2.45, 2.75) is 51.7 Å². The molecule has 1 heterocycles. The Morgan fingerprint density at radius 1 is 1.06 bits per heavy atom. The molecule has 2 fully saturated rings. The zero-order chi connectivity index (χ0) is 12.3. The van der Waals surface area contributed by atoms with Crippen molar-refractivity contribution in [1.82, 2.24) is 4.90 Å². The van der Waals surface area contributed by atoms with Gasteiger partial charge < -0.3 is 10.5 Å². The van der Waals surface area contributed by atoms with Gasteiger partial charge in [-0.15, -0.1) is 0 Å². The molecule has 4 atom stereocenters. The number of nitrogens with two attached hydrogens (primary N) is 1. The highest BCUT2D eigenvalue weighted by Crippen LogP contribution is 2.30. The molecule has 1 saturated carbocycles. The number of hydrogen-bond acceptors (Lipinski definition) is 3. The molecular formula is C14H28N2O. The fraction of sp³-hybridized carbons (Fsp3) is 1.00. The predicted octanol–water partition coefficient (Wildman–Crippen LogP) is 1.86. The lowest BCUT2D eigenvalue weighted by Gasteiger charge is -2.40. The largest absolute Gasteiger partial charge is 0.373 e. The highest BCUT2D eigenvalue weighted by molar-refractivity contribution is 4.81. The molecular weight excluding hydrogens is 212 g/mol. The highest BCUT2D eigenvalue weighted by atomic mass is 16.5. The minimum Gasteiger partial charge on any atom is -0.373 e. The Labute approximate surface area is 106 Å². The van der Waals surface area contributed by atoms with Crippen molar-refractivity contribution in [2.24, 2.45) is 17.6 Å². The van der Waals surface area contributed by atoms with Crippen molar-refractivity contribution < 1.29 is 4.74 Å². The number of rotatable bonds is 3. The third kappa shape index (κ3) is 3.67. The Balaban J connectivity index is 1.85. The monoisotopic (exact) mass is 240 g/mol. The maximum absolute atomic E-state index is 5.91. The van der Waals surface area contributed by atoms with Crippen LogP contribution in [0.15, 0.2) is 0 Å². The molecule has 1 aliphatic heterocycles. The van der Waals surface area contributed by atoms with Crippen LogP contribution < -0.4 is 5.73 Å². The standard InChI is InChI=1S/C14H28N2O/c1-11-8-16(9-12(2)17-11)10-14-6-4-3-5-13(14)7-15/h11-14H,3-10,15H2,1-2H3/t11-,12+,13?,14?. The third-order valence-corrected chi connectivity index (χ3v) is 4.36. The van der Waals surface area contributed by atoms with Crippen LogP contribution in [0.3, 0.4) is 0 Å². The second-order valence-electron chi connectivity index (χ2n) is 6.02. The van der Waals surface area contributed by atoms with Gasteiger partial charge in [0.25, 0.3) is 0 Å². The van der Waals surface area contributed by atoms with Crippen LogP contribution in [0.1, 0.15) is 39.5 Å². The zero-order valence-electron chi connectivity index (χ0n) is 11.4. The summed E-state index contributed by atoms with van der Waals surface area (Å²) in [4.78, 5) is 2.59. The van der Waals surface area contributed by atoms with Gasteiger partial charge in [-0.2, -0.15) is 0 Å². The lowest BCUT2D eigenvalue weighted by molar-refractivity contribution is -0.0744. The maximum Gasteiger partial charge on any atom is 0.0678 e. The quantitative estimate of drug-likeness (QED) is 0.818. The van der Waals surface area contributed by atoms with Crippen LogP contribution in [0, 0.1) is 11.8 Å². The third-order valence-electron chi connectivity index (χ3n) is 4.36. The molecule has 2 unspecified atom stereocenters. The van der Waals surface area contributed by atoms with Gasteiger partial charge in [-0.1, -0.05) is 12.8 Å². The summed E-state index contributed by atoms with van der Waals surface area (Å²) >= 11 is 0. The van der Waals surface area contributed by atoms with Crippen LogP contribution >= 0.6 is 0 Å². The van der Waals surface area contributed by atoms with E-state index in [-0.39, 0.29) is 0 Å². The van der Waals surface area contributed by atoms with Gasteiger partial charge in [-0.05, 0) is 45.1 Å². The summed E-state index contributed by atoms with van der Waals surface area (Å²) in [6, 6.07) is 0. The van der Waals surface area contributed by atoms with Gasteiger partial charge in [0.15, 0.2) is 0 Å². The molecule has 0 aromatic rings. The molecule has 0 spiro atoms. The number of hydrogen-bond donors (Lipinski definition) is 1. The molecule has 0 amide bonds. The average Bonchev–Trinajstić information content (AvgIpc) is 2.28. The number of nitrogens with zero attached hydrogens (tertiary/aromatic N) is 1. The Bertz CT molecular complexity index is 224. The van der Waals surface area contributed by atoms with E-state index in [1.165, 1.54) is 32.2 Å². The molecule has 100 valence electrons. The molecule has 2 rings (SSSR count). The first-order valence-corrected chi connectivity index (χ1v) is 7.27. The topological polar surface area (TPSA) is 38.5 Å². The predicted molar refractivity (Wildman–Crippen MR) is 71.0 cm³/mol. The van der Waals surface area contributed by atoms with E-state index < -0.39 is 0 Å². The number of morpholine rings is 1. The molecule has 17 heavy (non-hydrogen) atoms. The van der Waals surface area contributed by atoms with Crippen molar-refractivity contribution in [2.75, 3.05) is 26.2 Å². The normalized spacial score (nSPS) is 40.4. The Morgan fingerprint density at radius 3 is 2.24 bits per heavy atom. The number of ether oxygens (including phenoxy) is 1. The van der Waals surface area contributed by atoms with Crippen molar-refractivity contribution in [3.8, 4) is 0 Å². The first-order chi connectivity index (χ1) is 8.19. The second kappa shape index (κ2) is 6.17. The maximum atomic E-state index is 5.91. The first-order valence-electron chi connectivity index (χ1n) is 7.27. The van der Waals surface area contributed by atoms with E-state index in [1.54, 1.807) is 0 Å². The van der Waals surface area contributed by atoms with E-state index >= 15 is 0 Å². The molecule has 1 saturated heterocycles. The molecule has 2 aliphatic rings. The second-order valence-corrected chi connectivity index (χ2v) is 6.02. The molecule has 3 heteroatoms. The van der Waals surface area contributed by atoms with Crippen molar-refractivity contribution in [3.05, 3.63) is 0 Å². The van der Waals surface area contributed by atoms with Crippen LogP contribution in [0.2, 0.25) is 0 Å². The minimum absolute atomic E-state index is 0.388. The van der Waals surface area contributed by atoms with Gasteiger partial charge in [-0.25, -0.2) is 0 Å². The van der Waals surface area contributed by atoms with E-state index in [4.69, 9.17) is 10.5 Å². The van der Waals surface area contributed by atoms with E-state index in [0.717, 1.165) is 31.5 Å². The fourth-order valence-corrected chi connectivity index (χ4v) is 3.60. The summed E-state index contributed by atoms with van der Waals surface area (Å²) < 4.78 is 5.79. The zero-order valence-corrected chi connectivity index (χ0v) is 11.4. The van der Waals surface area contributed by atoms with E-state index in [2.05, 4.69) is 18.7 Å². The van der Waals surface area contributed by atoms with Crippen molar-refractivity contribution in [3.63, 3.8) is 0 Å². The van der Waals surface area contributed by atoms with Gasteiger partial charge in [0.2, 0.25) is 0 Å². The van der Waals surface area contributed by atoms with Gasteiger partial charge in [-0.3, -0.25) is 4.90 Å². The van der Waals surface area contributed by atoms with Crippen LogP contribution in [0.4, 0.5) is 0 Å². The van der Waals surface area contributed by atoms with Gasteiger partial charge in [0, 0.05) is 19.6 Å². The van der Waals surface area contributed by atoms with Crippen molar-refractivity contribution >= 4 is 0 Å². The Morgan fingerprint density at radius 2 is 1.65 bits per heavy atom. The van der Waals surface area contributed by atoms with E-state index in [9.17, 15) is 0 Å².